The van der Waals surface area contributed by atoms with Gasteiger partial charge in [0.1, 0.15) is 19.2 Å². The van der Waals surface area contributed by atoms with Gasteiger partial charge in [-0.25, -0.2) is 4.79 Å². The van der Waals surface area contributed by atoms with Gasteiger partial charge in [-0.05, 0) is 47.9 Å². The van der Waals surface area contributed by atoms with Crippen molar-refractivity contribution in [2.45, 2.75) is 95.9 Å². The molecular formula is C35H49N3O6. The number of hydrogen-bond acceptors (Lipinski definition) is 6. The molecule has 0 unspecified atom stereocenters. The Morgan fingerprint density at radius 1 is 0.773 bits per heavy atom. The molecule has 9 nitrogen and oxygen atoms in total. The van der Waals surface area contributed by atoms with Crippen molar-refractivity contribution >= 4 is 23.9 Å². The van der Waals surface area contributed by atoms with Crippen LogP contribution in [0, 0.1) is 0 Å². The molecule has 1 aliphatic rings. The minimum Gasteiger partial charge on any atom is -0.468 e. The summed E-state index contributed by atoms with van der Waals surface area (Å²) >= 11 is 0. The largest absolute Gasteiger partial charge is 0.468 e. The van der Waals surface area contributed by atoms with Gasteiger partial charge in [-0.1, -0.05) is 100 Å². The fourth-order valence-corrected chi connectivity index (χ4v) is 5.62. The zero-order chi connectivity index (χ0) is 31.6. The maximum Gasteiger partial charge on any atom is 0.407 e. The van der Waals surface area contributed by atoms with Gasteiger partial charge in [0.15, 0.2) is 0 Å². The number of alkyl carbamates (subject to hydrolysis) is 1. The van der Waals surface area contributed by atoms with Crippen LogP contribution in [0.1, 0.15) is 101 Å². The van der Waals surface area contributed by atoms with Crippen LogP contribution in [0.25, 0.3) is 11.1 Å². The Morgan fingerprint density at radius 2 is 1.39 bits per heavy atom. The summed E-state index contributed by atoms with van der Waals surface area (Å²) in [5.74, 6) is -1.17. The molecule has 2 aromatic rings. The zero-order valence-electron chi connectivity index (χ0n) is 26.3. The number of nitrogens with one attached hydrogen (secondary N) is 3. The Labute approximate surface area is 261 Å². The molecular weight excluding hydrogens is 558 g/mol. The summed E-state index contributed by atoms with van der Waals surface area (Å²) in [6.45, 7) is 2.56. The molecule has 44 heavy (non-hydrogen) atoms. The molecule has 2 aromatic carbocycles. The Kier molecular flexibility index (Phi) is 15.3. The highest BCUT2D eigenvalue weighted by atomic mass is 16.5. The van der Waals surface area contributed by atoms with Crippen LogP contribution < -0.4 is 16.0 Å². The van der Waals surface area contributed by atoms with E-state index in [4.69, 9.17) is 4.74 Å². The highest BCUT2D eigenvalue weighted by Gasteiger charge is 2.29. The smallest absolute Gasteiger partial charge is 0.407 e. The molecule has 0 saturated heterocycles. The van der Waals surface area contributed by atoms with Crippen LogP contribution in [-0.4, -0.2) is 56.7 Å². The van der Waals surface area contributed by atoms with Gasteiger partial charge in [-0.2, -0.15) is 0 Å². The molecule has 0 aromatic heterocycles. The zero-order valence-corrected chi connectivity index (χ0v) is 26.3. The van der Waals surface area contributed by atoms with E-state index in [-0.39, 0.29) is 25.0 Å². The van der Waals surface area contributed by atoms with Gasteiger partial charge < -0.3 is 25.4 Å². The van der Waals surface area contributed by atoms with E-state index in [9.17, 15) is 19.2 Å². The van der Waals surface area contributed by atoms with Crippen LogP contribution in [0.4, 0.5) is 4.79 Å². The molecule has 0 saturated carbocycles. The fraction of sp³-hybridized carbons (Fsp3) is 0.543. The highest BCUT2D eigenvalue weighted by Crippen LogP contribution is 2.44. The molecule has 1 aliphatic carbocycles. The first-order chi connectivity index (χ1) is 21.4. The van der Waals surface area contributed by atoms with Crippen molar-refractivity contribution in [3.63, 3.8) is 0 Å². The second-order valence-corrected chi connectivity index (χ2v) is 11.4. The van der Waals surface area contributed by atoms with E-state index in [1.807, 2.05) is 24.3 Å². The molecule has 0 spiro atoms. The van der Waals surface area contributed by atoms with E-state index < -0.39 is 24.0 Å². The van der Waals surface area contributed by atoms with Crippen LogP contribution in [0.3, 0.4) is 0 Å². The number of carbonyl (C=O) groups is 4. The first-order valence-corrected chi connectivity index (χ1v) is 16.2. The monoisotopic (exact) mass is 607 g/mol. The number of rotatable bonds is 20. The predicted molar refractivity (Wildman–Crippen MR) is 171 cm³/mol. The summed E-state index contributed by atoms with van der Waals surface area (Å²) in [5.41, 5.74) is 4.66. The fourth-order valence-electron chi connectivity index (χ4n) is 5.62. The van der Waals surface area contributed by atoms with Crippen LogP contribution in [0.5, 0.6) is 0 Å². The van der Waals surface area contributed by atoms with E-state index >= 15 is 0 Å². The summed E-state index contributed by atoms with van der Waals surface area (Å²) in [7, 11) is 1.25. The average molecular weight is 608 g/mol. The Hall–Kier alpha value is -3.88. The molecule has 9 heteroatoms. The van der Waals surface area contributed by atoms with E-state index in [0.29, 0.717) is 32.2 Å². The quantitative estimate of drug-likeness (QED) is 0.125. The number of amides is 3. The van der Waals surface area contributed by atoms with Crippen LogP contribution in [0.15, 0.2) is 48.5 Å². The van der Waals surface area contributed by atoms with Gasteiger partial charge in [0.2, 0.25) is 11.8 Å². The van der Waals surface area contributed by atoms with Gasteiger partial charge in [0.25, 0.3) is 0 Å². The lowest BCUT2D eigenvalue weighted by Gasteiger charge is -2.18. The second kappa shape index (κ2) is 19.4. The number of methoxy groups -OCH3 is 1. The second-order valence-electron chi connectivity index (χ2n) is 11.4. The standard InChI is InChI=1S/C35H49N3O6/c1-3-4-5-6-7-8-9-10-22-32(39)38-31(34(41)37-24-33(40)43-2)21-15-16-23-36-35(42)44-25-30-28-19-13-11-17-26(28)27-18-12-14-20-29(27)30/h11-14,17-20,30-31H,3-10,15-16,21-25H2,1-2H3,(H,36,42)(H,37,41)(H,38,39)/t31-/m0/s1. The van der Waals surface area contributed by atoms with Crippen LogP contribution in [-0.2, 0) is 23.9 Å². The van der Waals surface area contributed by atoms with Crippen molar-refractivity contribution in [1.29, 1.82) is 0 Å². The molecule has 0 fully saturated rings. The lowest BCUT2D eigenvalue weighted by atomic mass is 9.98. The first-order valence-electron chi connectivity index (χ1n) is 16.2. The van der Waals surface area contributed by atoms with Crippen LogP contribution >= 0.6 is 0 Å². The number of hydrogen-bond donors (Lipinski definition) is 3. The van der Waals surface area contributed by atoms with Crippen molar-refractivity contribution in [1.82, 2.24) is 16.0 Å². The third-order valence-corrected chi connectivity index (χ3v) is 8.08. The highest BCUT2D eigenvalue weighted by molar-refractivity contribution is 5.89. The molecule has 0 heterocycles. The summed E-state index contributed by atoms with van der Waals surface area (Å²) < 4.78 is 10.2. The molecule has 0 bridgehead atoms. The molecule has 1 atom stereocenters. The first kappa shape index (κ1) is 34.6. The van der Waals surface area contributed by atoms with Crippen molar-refractivity contribution in [2.75, 3.05) is 26.8 Å². The van der Waals surface area contributed by atoms with Crippen molar-refractivity contribution in [3.05, 3.63) is 59.7 Å². The molecule has 3 rings (SSSR count). The maximum atomic E-state index is 12.7. The van der Waals surface area contributed by atoms with E-state index in [1.54, 1.807) is 0 Å². The van der Waals surface area contributed by atoms with Crippen molar-refractivity contribution in [3.8, 4) is 11.1 Å². The maximum absolute atomic E-state index is 12.7. The number of benzene rings is 2. The van der Waals surface area contributed by atoms with Gasteiger partial charge in [0, 0.05) is 18.9 Å². The summed E-state index contributed by atoms with van der Waals surface area (Å²) in [6.07, 6.45) is 10.5. The van der Waals surface area contributed by atoms with Gasteiger partial charge in [0.05, 0.1) is 7.11 Å². The predicted octanol–water partition coefficient (Wildman–Crippen LogP) is 6.00. The van der Waals surface area contributed by atoms with Gasteiger partial charge in [-0.15, -0.1) is 0 Å². The molecule has 240 valence electrons. The number of fused-ring (bicyclic) bond motifs is 3. The van der Waals surface area contributed by atoms with Crippen molar-refractivity contribution < 1.29 is 28.7 Å². The topological polar surface area (TPSA) is 123 Å². The molecule has 3 N–H and O–H groups in total. The SMILES string of the molecule is CCCCCCCCCCC(=O)N[C@@H](CCCCNC(=O)OCC1c2ccccc2-c2ccccc21)C(=O)NCC(=O)OC. The Balaban J connectivity index is 1.38. The summed E-state index contributed by atoms with van der Waals surface area (Å²) in [4.78, 5) is 49.3. The molecule has 3 amide bonds. The third-order valence-electron chi connectivity index (χ3n) is 8.08. The third kappa shape index (κ3) is 11.3. The normalized spacial score (nSPS) is 12.5. The minimum atomic E-state index is -0.768. The van der Waals surface area contributed by atoms with Gasteiger partial charge >= 0.3 is 12.1 Å². The minimum absolute atomic E-state index is 0.00758. The van der Waals surface area contributed by atoms with E-state index in [0.717, 1.165) is 30.4 Å². The number of carbonyl (C=O) groups excluding carboxylic acids is 4. The van der Waals surface area contributed by atoms with E-state index in [1.165, 1.54) is 50.3 Å². The Morgan fingerprint density at radius 3 is 2.02 bits per heavy atom. The molecule has 0 aliphatic heterocycles. The molecule has 0 radical (unpaired) electrons. The lowest BCUT2D eigenvalue weighted by Crippen LogP contribution is -2.48. The van der Waals surface area contributed by atoms with Crippen molar-refractivity contribution in [2.24, 2.45) is 0 Å². The number of ether oxygens (including phenoxy) is 2. The number of esters is 1. The van der Waals surface area contributed by atoms with Gasteiger partial charge in [-0.3, -0.25) is 14.4 Å². The lowest BCUT2D eigenvalue weighted by molar-refractivity contribution is -0.141. The number of unbranched alkanes of at least 4 members (excludes halogenated alkanes) is 8. The summed E-state index contributed by atoms with van der Waals surface area (Å²) in [5, 5.41) is 8.16. The Bertz CT molecular complexity index is 1170. The van der Waals surface area contributed by atoms with E-state index in [2.05, 4.69) is 51.9 Å². The average Bonchev–Trinajstić information content (AvgIpc) is 3.36. The summed E-state index contributed by atoms with van der Waals surface area (Å²) in [6, 6.07) is 15.6. The van der Waals surface area contributed by atoms with Crippen LogP contribution in [0.2, 0.25) is 0 Å².